The summed E-state index contributed by atoms with van der Waals surface area (Å²) >= 11 is 5.62. The molecule has 0 aliphatic heterocycles. The van der Waals surface area contributed by atoms with Crippen molar-refractivity contribution in [2.45, 2.75) is 25.7 Å². The molecular weight excluding hydrogens is 288 g/mol. The molecule has 0 fully saturated rings. The number of hydrogen-bond acceptors (Lipinski definition) is 4. The first-order valence-electron chi connectivity index (χ1n) is 7.06. The zero-order chi connectivity index (χ0) is 14.9. The third-order valence-corrected chi connectivity index (χ3v) is 3.36. The first-order chi connectivity index (χ1) is 10.3. The van der Waals surface area contributed by atoms with Crippen molar-refractivity contribution >= 4 is 17.5 Å². The average Bonchev–Trinajstić information content (AvgIpc) is 2.51. The summed E-state index contributed by atoms with van der Waals surface area (Å²) in [6.07, 6.45) is 8.70. The van der Waals surface area contributed by atoms with Gasteiger partial charge in [0.05, 0.1) is 0 Å². The van der Waals surface area contributed by atoms with Crippen molar-refractivity contribution < 1.29 is 0 Å². The number of halogens is 1. The van der Waals surface area contributed by atoms with E-state index in [-0.39, 0.29) is 5.56 Å². The van der Waals surface area contributed by atoms with Gasteiger partial charge < -0.3 is 5.32 Å². The van der Waals surface area contributed by atoms with Crippen LogP contribution in [0.5, 0.6) is 0 Å². The molecule has 0 aliphatic rings. The lowest BCUT2D eigenvalue weighted by Gasteiger charge is -2.06. The van der Waals surface area contributed by atoms with Crippen molar-refractivity contribution in [3.63, 3.8) is 0 Å². The molecule has 0 saturated heterocycles. The van der Waals surface area contributed by atoms with E-state index >= 15 is 0 Å². The molecule has 0 unspecified atom stereocenters. The number of nitrogens with zero attached hydrogens (tertiary/aromatic N) is 2. The van der Waals surface area contributed by atoms with E-state index in [0.29, 0.717) is 23.8 Å². The highest BCUT2D eigenvalue weighted by Gasteiger charge is 2.04. The number of unbranched alkanes of at least 4 members (excludes halogenated alkanes) is 2. The molecule has 6 heteroatoms. The quantitative estimate of drug-likeness (QED) is 0.581. The van der Waals surface area contributed by atoms with Crippen molar-refractivity contribution in [1.82, 2.24) is 15.0 Å². The Labute approximate surface area is 128 Å². The van der Waals surface area contributed by atoms with Gasteiger partial charge in [-0.1, -0.05) is 12.5 Å². The normalized spacial score (nSPS) is 10.5. The van der Waals surface area contributed by atoms with Crippen LogP contribution in [0.1, 0.15) is 30.4 Å². The number of nitrogens with one attached hydrogen (secondary N) is 2. The van der Waals surface area contributed by atoms with Crippen LogP contribution in [0.15, 0.2) is 35.5 Å². The fourth-order valence-electron chi connectivity index (χ4n) is 1.96. The Morgan fingerprint density at radius 3 is 2.86 bits per heavy atom. The van der Waals surface area contributed by atoms with Crippen LogP contribution in [-0.4, -0.2) is 27.4 Å². The lowest BCUT2D eigenvalue weighted by Crippen LogP contribution is -2.17. The highest BCUT2D eigenvalue weighted by atomic mass is 35.5. The summed E-state index contributed by atoms with van der Waals surface area (Å²) in [6.45, 7) is 0.780. The Morgan fingerprint density at radius 1 is 1.24 bits per heavy atom. The molecule has 5 nitrogen and oxygen atoms in total. The number of hydrogen-bond donors (Lipinski definition) is 2. The Balaban J connectivity index is 1.90. The van der Waals surface area contributed by atoms with Gasteiger partial charge in [0.1, 0.15) is 0 Å². The zero-order valence-electron chi connectivity index (χ0n) is 11.8. The van der Waals surface area contributed by atoms with Crippen LogP contribution in [-0.2, 0) is 6.42 Å². The molecule has 0 atom stereocenters. The molecule has 0 saturated carbocycles. The number of rotatable bonds is 8. The predicted octanol–water partition coefficient (Wildman–Crippen LogP) is 2.58. The standard InChI is InChI=1S/C15H19ClN4O/c16-6-2-1-3-8-18-15-19-11-13(14(21)20-15)9-12-5-4-7-17-10-12/h4-5,7,10-11H,1-3,6,8-9H2,(H2,18,19,20,21). The van der Waals surface area contributed by atoms with E-state index in [1.807, 2.05) is 12.1 Å². The van der Waals surface area contributed by atoms with Crippen LogP contribution in [0.4, 0.5) is 5.95 Å². The molecule has 2 aromatic heterocycles. The molecule has 2 aromatic rings. The molecule has 2 heterocycles. The number of aromatic nitrogens is 3. The molecule has 0 spiro atoms. The van der Waals surface area contributed by atoms with Crippen LogP contribution in [0.2, 0.25) is 0 Å². The molecule has 0 bridgehead atoms. The van der Waals surface area contributed by atoms with Gasteiger partial charge in [-0.2, -0.15) is 0 Å². The van der Waals surface area contributed by atoms with Crippen LogP contribution in [0.25, 0.3) is 0 Å². The summed E-state index contributed by atoms with van der Waals surface area (Å²) in [5, 5.41) is 3.11. The van der Waals surface area contributed by atoms with Crippen molar-refractivity contribution in [3.05, 3.63) is 52.2 Å². The lowest BCUT2D eigenvalue weighted by atomic mass is 10.1. The van der Waals surface area contributed by atoms with Gasteiger partial charge in [-0.25, -0.2) is 4.98 Å². The fourth-order valence-corrected chi connectivity index (χ4v) is 2.15. The second kappa shape index (κ2) is 8.42. The minimum atomic E-state index is -0.114. The van der Waals surface area contributed by atoms with Crippen molar-refractivity contribution in [1.29, 1.82) is 0 Å². The second-order valence-electron chi connectivity index (χ2n) is 4.80. The number of H-pyrrole nitrogens is 1. The largest absolute Gasteiger partial charge is 0.356 e. The highest BCUT2D eigenvalue weighted by Crippen LogP contribution is 2.04. The van der Waals surface area contributed by atoms with E-state index < -0.39 is 0 Å². The first kappa shape index (κ1) is 15.5. The Bertz CT molecular complexity index is 600. The van der Waals surface area contributed by atoms with E-state index in [9.17, 15) is 4.79 Å². The average molecular weight is 307 g/mol. The molecule has 21 heavy (non-hydrogen) atoms. The molecular formula is C15H19ClN4O. The van der Waals surface area contributed by atoms with Gasteiger partial charge in [-0.3, -0.25) is 14.8 Å². The maximum absolute atomic E-state index is 12.0. The SMILES string of the molecule is O=c1[nH]c(NCCCCCCl)ncc1Cc1cccnc1. The third-order valence-electron chi connectivity index (χ3n) is 3.09. The summed E-state index contributed by atoms with van der Waals surface area (Å²) in [6, 6.07) is 3.79. The Kier molecular flexibility index (Phi) is 6.22. The molecule has 0 aliphatic carbocycles. The Hall–Kier alpha value is -1.88. The maximum Gasteiger partial charge on any atom is 0.255 e. The fraction of sp³-hybridized carbons (Fsp3) is 0.400. The van der Waals surface area contributed by atoms with E-state index in [4.69, 9.17) is 11.6 Å². The zero-order valence-corrected chi connectivity index (χ0v) is 12.6. The third kappa shape index (κ3) is 5.19. The van der Waals surface area contributed by atoms with Crippen LogP contribution in [0.3, 0.4) is 0 Å². The summed E-state index contributed by atoms with van der Waals surface area (Å²) in [5.41, 5.74) is 1.51. The smallest absolute Gasteiger partial charge is 0.255 e. The number of anilines is 1. The van der Waals surface area contributed by atoms with Gasteiger partial charge >= 0.3 is 0 Å². The van der Waals surface area contributed by atoms with Gasteiger partial charge in [0, 0.05) is 43.0 Å². The van der Waals surface area contributed by atoms with E-state index in [0.717, 1.165) is 31.4 Å². The van der Waals surface area contributed by atoms with Crippen LogP contribution >= 0.6 is 11.6 Å². The molecule has 0 amide bonds. The highest BCUT2D eigenvalue weighted by molar-refractivity contribution is 6.17. The molecule has 0 aromatic carbocycles. The Morgan fingerprint density at radius 2 is 2.14 bits per heavy atom. The van der Waals surface area contributed by atoms with Crippen molar-refractivity contribution in [2.75, 3.05) is 17.7 Å². The predicted molar refractivity (Wildman–Crippen MR) is 85.0 cm³/mol. The second-order valence-corrected chi connectivity index (χ2v) is 5.18. The monoisotopic (exact) mass is 306 g/mol. The van der Waals surface area contributed by atoms with Gasteiger partial charge in [0.2, 0.25) is 5.95 Å². The molecule has 0 radical (unpaired) electrons. The van der Waals surface area contributed by atoms with Gasteiger partial charge in [-0.05, 0) is 24.5 Å². The first-order valence-corrected chi connectivity index (χ1v) is 7.60. The van der Waals surface area contributed by atoms with E-state index in [1.165, 1.54) is 0 Å². The van der Waals surface area contributed by atoms with Crippen LogP contribution < -0.4 is 10.9 Å². The number of pyridine rings is 1. The minimum absolute atomic E-state index is 0.114. The van der Waals surface area contributed by atoms with Crippen molar-refractivity contribution in [2.24, 2.45) is 0 Å². The summed E-state index contributed by atoms with van der Waals surface area (Å²) in [5.74, 6) is 1.21. The minimum Gasteiger partial charge on any atom is -0.356 e. The summed E-state index contributed by atoms with van der Waals surface area (Å²) in [4.78, 5) is 23.0. The summed E-state index contributed by atoms with van der Waals surface area (Å²) in [7, 11) is 0. The van der Waals surface area contributed by atoms with Crippen LogP contribution in [0, 0.1) is 0 Å². The van der Waals surface area contributed by atoms with E-state index in [2.05, 4.69) is 20.3 Å². The lowest BCUT2D eigenvalue weighted by molar-refractivity contribution is 0.743. The number of aromatic amines is 1. The summed E-state index contributed by atoms with van der Waals surface area (Å²) < 4.78 is 0. The molecule has 2 rings (SSSR count). The van der Waals surface area contributed by atoms with Gasteiger partial charge in [0.25, 0.3) is 5.56 Å². The van der Waals surface area contributed by atoms with E-state index in [1.54, 1.807) is 18.6 Å². The van der Waals surface area contributed by atoms with Crippen molar-refractivity contribution in [3.8, 4) is 0 Å². The maximum atomic E-state index is 12.0. The van der Waals surface area contributed by atoms with Gasteiger partial charge in [-0.15, -0.1) is 11.6 Å². The number of alkyl halides is 1. The topological polar surface area (TPSA) is 70.7 Å². The molecule has 112 valence electrons. The van der Waals surface area contributed by atoms with Gasteiger partial charge in [0.15, 0.2) is 0 Å². The molecule has 2 N–H and O–H groups in total.